The van der Waals surface area contributed by atoms with Gasteiger partial charge in [0.2, 0.25) is 0 Å². The van der Waals surface area contributed by atoms with E-state index in [0.717, 1.165) is 16.6 Å². The lowest BCUT2D eigenvalue weighted by molar-refractivity contribution is 0.113. The summed E-state index contributed by atoms with van der Waals surface area (Å²) in [5, 5.41) is 13.8. The van der Waals surface area contributed by atoms with E-state index in [2.05, 4.69) is 52.1 Å². The summed E-state index contributed by atoms with van der Waals surface area (Å²) in [4.78, 5) is 2.11. The van der Waals surface area contributed by atoms with E-state index < -0.39 is 6.10 Å². The largest absolute Gasteiger partial charge is 0.390 e. The second-order valence-corrected chi connectivity index (χ2v) is 8.92. The van der Waals surface area contributed by atoms with Gasteiger partial charge in [-0.25, -0.2) is 4.39 Å². The first-order valence-corrected chi connectivity index (χ1v) is 10.0. The molecular formula is C22H30BrFN2O. The van der Waals surface area contributed by atoms with Gasteiger partial charge in [-0.1, -0.05) is 40.2 Å². The van der Waals surface area contributed by atoms with Crippen LogP contribution in [-0.4, -0.2) is 41.8 Å². The number of benzene rings is 2. The molecule has 3 nitrogen and oxygen atoms in total. The van der Waals surface area contributed by atoms with Crippen molar-refractivity contribution in [1.29, 1.82) is 0 Å². The molecule has 0 aliphatic carbocycles. The van der Waals surface area contributed by atoms with Gasteiger partial charge in [0.05, 0.1) is 6.10 Å². The fourth-order valence-corrected chi connectivity index (χ4v) is 3.60. The van der Waals surface area contributed by atoms with Crippen molar-refractivity contribution in [1.82, 2.24) is 10.2 Å². The summed E-state index contributed by atoms with van der Waals surface area (Å²) in [5.74, 6) is -0.169. The van der Waals surface area contributed by atoms with Crippen molar-refractivity contribution in [3.8, 4) is 0 Å². The summed E-state index contributed by atoms with van der Waals surface area (Å²) in [5.41, 5.74) is 2.59. The smallest absolute Gasteiger partial charge is 0.126 e. The molecule has 2 N–H and O–H groups in total. The number of nitrogens with one attached hydrogen (secondary N) is 1. The minimum Gasteiger partial charge on any atom is -0.390 e. The lowest BCUT2D eigenvalue weighted by Gasteiger charge is -2.29. The third-order valence-electron chi connectivity index (χ3n) is 4.56. The molecule has 0 aliphatic heterocycles. The number of aryl methyl sites for hydroxylation is 1. The van der Waals surface area contributed by atoms with Gasteiger partial charge in [0.15, 0.2) is 0 Å². The first-order valence-electron chi connectivity index (χ1n) is 9.26. The molecule has 0 spiro atoms. The van der Waals surface area contributed by atoms with E-state index in [0.29, 0.717) is 25.1 Å². The number of rotatable bonds is 9. The second kappa shape index (κ2) is 9.78. The van der Waals surface area contributed by atoms with Crippen LogP contribution in [0.2, 0.25) is 0 Å². The first-order chi connectivity index (χ1) is 12.6. The molecule has 0 fully saturated rings. The maximum absolute atomic E-state index is 13.7. The Morgan fingerprint density at radius 1 is 1.19 bits per heavy atom. The average molecular weight is 437 g/mol. The highest BCUT2D eigenvalue weighted by Gasteiger charge is 2.20. The van der Waals surface area contributed by atoms with Gasteiger partial charge in [-0.15, -0.1) is 0 Å². The van der Waals surface area contributed by atoms with Crippen molar-refractivity contribution in [3.63, 3.8) is 0 Å². The monoisotopic (exact) mass is 436 g/mol. The van der Waals surface area contributed by atoms with Crippen molar-refractivity contribution >= 4 is 15.9 Å². The fourth-order valence-electron chi connectivity index (χ4n) is 3.15. The highest BCUT2D eigenvalue weighted by atomic mass is 79.9. The van der Waals surface area contributed by atoms with Crippen LogP contribution < -0.4 is 5.32 Å². The Balaban J connectivity index is 1.80. The molecule has 0 aliphatic rings. The summed E-state index contributed by atoms with van der Waals surface area (Å²) >= 11 is 3.48. The maximum atomic E-state index is 13.7. The standard InChI is InChI=1S/C22H30BrFN2O/c1-16-8-9-17(11-21(16)24)12-22(2,3)25-13-20(27)15-26(4)14-18-6-5-7-19(23)10-18/h5-11,20,25,27H,12-15H2,1-4H3/t20-/m1/s1. The second-order valence-electron chi connectivity index (χ2n) is 8.01. The normalized spacial score (nSPS) is 13.2. The molecule has 5 heteroatoms. The van der Waals surface area contributed by atoms with Crippen LogP contribution in [0.3, 0.4) is 0 Å². The Morgan fingerprint density at radius 3 is 2.59 bits per heavy atom. The Hall–Kier alpha value is -1.27. The summed E-state index contributed by atoms with van der Waals surface area (Å²) in [7, 11) is 2.00. The molecule has 0 saturated heterocycles. The SMILES string of the molecule is Cc1ccc(CC(C)(C)NC[C@@H](O)CN(C)Cc2cccc(Br)c2)cc1F. The molecule has 27 heavy (non-hydrogen) atoms. The number of aliphatic hydroxyl groups excluding tert-OH is 1. The van der Waals surface area contributed by atoms with Crippen LogP contribution >= 0.6 is 15.9 Å². The lowest BCUT2D eigenvalue weighted by Crippen LogP contribution is -2.47. The van der Waals surface area contributed by atoms with Gasteiger partial charge in [-0.3, -0.25) is 4.90 Å². The van der Waals surface area contributed by atoms with Crippen LogP contribution in [0.1, 0.15) is 30.5 Å². The van der Waals surface area contributed by atoms with Gasteiger partial charge >= 0.3 is 0 Å². The zero-order valence-electron chi connectivity index (χ0n) is 16.6. The van der Waals surface area contributed by atoms with Gasteiger partial charge in [0.25, 0.3) is 0 Å². The predicted octanol–water partition coefficient (Wildman–Crippen LogP) is 4.30. The van der Waals surface area contributed by atoms with E-state index in [1.165, 1.54) is 5.56 Å². The van der Waals surface area contributed by atoms with Gasteiger partial charge in [0.1, 0.15) is 5.82 Å². The zero-order chi connectivity index (χ0) is 20.0. The molecule has 2 rings (SSSR count). The quantitative estimate of drug-likeness (QED) is 0.614. The molecule has 0 unspecified atom stereocenters. The summed E-state index contributed by atoms with van der Waals surface area (Å²) in [6.45, 7) is 7.76. The third-order valence-corrected chi connectivity index (χ3v) is 5.06. The average Bonchev–Trinajstić information content (AvgIpc) is 2.56. The third kappa shape index (κ3) is 7.70. The number of nitrogens with zero attached hydrogens (tertiary/aromatic N) is 1. The Bertz CT molecular complexity index is 751. The number of hydrogen-bond donors (Lipinski definition) is 2. The van der Waals surface area contributed by atoms with Crippen LogP contribution in [0, 0.1) is 12.7 Å². The van der Waals surface area contributed by atoms with Gasteiger partial charge in [-0.05, 0) is 69.1 Å². The topological polar surface area (TPSA) is 35.5 Å². The molecule has 148 valence electrons. The molecule has 2 aromatic carbocycles. The molecule has 0 amide bonds. The van der Waals surface area contributed by atoms with Crippen molar-refractivity contribution in [2.24, 2.45) is 0 Å². The maximum Gasteiger partial charge on any atom is 0.126 e. The molecule has 0 saturated carbocycles. The molecular weight excluding hydrogens is 407 g/mol. The Labute approximate surface area is 170 Å². The van der Waals surface area contributed by atoms with Crippen molar-refractivity contribution in [2.45, 2.75) is 45.4 Å². The van der Waals surface area contributed by atoms with Crippen molar-refractivity contribution in [3.05, 3.63) is 69.4 Å². The number of hydrogen-bond acceptors (Lipinski definition) is 3. The molecule has 2 aromatic rings. The number of β-amino-alcohol motifs (C(OH)–C–C–N with tert-alkyl or cyclic N) is 1. The van der Waals surface area contributed by atoms with Crippen LogP contribution in [-0.2, 0) is 13.0 Å². The molecule has 0 bridgehead atoms. The first kappa shape index (κ1) is 22.0. The Kier molecular flexibility index (Phi) is 7.98. The van der Waals surface area contributed by atoms with E-state index in [1.54, 1.807) is 13.0 Å². The van der Waals surface area contributed by atoms with E-state index in [9.17, 15) is 9.50 Å². The van der Waals surface area contributed by atoms with Crippen LogP contribution in [0.4, 0.5) is 4.39 Å². The van der Waals surface area contributed by atoms with E-state index in [4.69, 9.17) is 0 Å². The summed E-state index contributed by atoms with van der Waals surface area (Å²) < 4.78 is 14.8. The number of halogens is 2. The molecule has 0 aromatic heterocycles. The highest BCUT2D eigenvalue weighted by molar-refractivity contribution is 9.10. The van der Waals surface area contributed by atoms with Crippen molar-refractivity contribution < 1.29 is 9.50 Å². The predicted molar refractivity (Wildman–Crippen MR) is 113 cm³/mol. The zero-order valence-corrected chi connectivity index (χ0v) is 18.2. The Morgan fingerprint density at radius 2 is 1.93 bits per heavy atom. The van der Waals surface area contributed by atoms with Gasteiger partial charge < -0.3 is 10.4 Å². The summed E-state index contributed by atoms with van der Waals surface area (Å²) in [6.07, 6.45) is 0.223. The van der Waals surface area contributed by atoms with Crippen molar-refractivity contribution in [2.75, 3.05) is 20.1 Å². The van der Waals surface area contributed by atoms with E-state index >= 15 is 0 Å². The fraction of sp³-hybridized carbons (Fsp3) is 0.455. The number of likely N-dealkylation sites (N-methyl/N-ethyl adjacent to an activating group) is 1. The molecule has 1 atom stereocenters. The number of aliphatic hydroxyl groups is 1. The molecule has 0 radical (unpaired) electrons. The highest BCUT2D eigenvalue weighted by Crippen LogP contribution is 2.16. The van der Waals surface area contributed by atoms with E-state index in [1.807, 2.05) is 31.3 Å². The van der Waals surface area contributed by atoms with Crippen LogP contribution in [0.5, 0.6) is 0 Å². The minimum absolute atomic E-state index is 0.169. The van der Waals surface area contributed by atoms with Gasteiger partial charge in [-0.2, -0.15) is 0 Å². The molecule has 0 heterocycles. The minimum atomic E-state index is -0.476. The summed E-state index contributed by atoms with van der Waals surface area (Å²) in [6, 6.07) is 13.6. The van der Waals surface area contributed by atoms with Crippen LogP contribution in [0.25, 0.3) is 0 Å². The lowest BCUT2D eigenvalue weighted by atomic mass is 9.94. The van der Waals surface area contributed by atoms with Gasteiger partial charge in [0, 0.05) is 29.6 Å². The van der Waals surface area contributed by atoms with Crippen LogP contribution in [0.15, 0.2) is 46.9 Å². The van der Waals surface area contributed by atoms with E-state index in [-0.39, 0.29) is 11.4 Å².